The third-order valence-corrected chi connectivity index (χ3v) is 4.87. The van der Waals surface area contributed by atoms with Gasteiger partial charge in [-0.3, -0.25) is 0 Å². The molecule has 25 heavy (non-hydrogen) atoms. The van der Waals surface area contributed by atoms with Gasteiger partial charge in [0, 0.05) is 6.92 Å². The molecule has 1 aromatic heterocycles. The van der Waals surface area contributed by atoms with E-state index < -0.39 is 0 Å². The summed E-state index contributed by atoms with van der Waals surface area (Å²) in [5.74, 6) is 0.702. The van der Waals surface area contributed by atoms with E-state index in [1.165, 1.54) is 33.4 Å². The lowest BCUT2D eigenvalue weighted by Gasteiger charge is -2.11. The Morgan fingerprint density at radius 1 is 0.640 bits per heavy atom. The summed E-state index contributed by atoms with van der Waals surface area (Å²) in [6.07, 6.45) is 0. The van der Waals surface area contributed by atoms with Crippen molar-refractivity contribution in [3.05, 3.63) is 77.2 Å². The van der Waals surface area contributed by atoms with Crippen molar-refractivity contribution in [3.8, 4) is 22.3 Å². The van der Waals surface area contributed by atoms with Crippen LogP contribution >= 0.6 is 0 Å². The van der Waals surface area contributed by atoms with Crippen LogP contribution in [0.25, 0.3) is 33.4 Å². The van der Waals surface area contributed by atoms with Crippen LogP contribution in [0, 0.1) is 27.7 Å². The molecule has 0 amide bonds. The molecule has 2 nitrogen and oxygen atoms in total. The molecule has 0 spiro atoms. The van der Waals surface area contributed by atoms with Gasteiger partial charge >= 0.3 is 0 Å². The molecule has 124 valence electrons. The highest BCUT2D eigenvalue weighted by Gasteiger charge is 2.08. The molecule has 2 heteroatoms. The monoisotopic (exact) mass is 327 g/mol. The Labute approximate surface area is 148 Å². The molecule has 3 aromatic carbocycles. The molecule has 0 radical (unpaired) electrons. The fourth-order valence-electron chi connectivity index (χ4n) is 3.30. The van der Waals surface area contributed by atoms with Crippen molar-refractivity contribution in [2.75, 3.05) is 0 Å². The number of rotatable bonds is 2. The predicted molar refractivity (Wildman–Crippen MR) is 104 cm³/mol. The Kier molecular flexibility index (Phi) is 3.69. The van der Waals surface area contributed by atoms with Crippen molar-refractivity contribution in [1.82, 2.24) is 4.98 Å². The number of hydrogen-bond donors (Lipinski definition) is 0. The number of nitrogens with zero attached hydrogens (tertiary/aromatic N) is 1. The first-order chi connectivity index (χ1) is 12.0. The van der Waals surface area contributed by atoms with E-state index in [-0.39, 0.29) is 0 Å². The second kappa shape index (κ2) is 5.89. The van der Waals surface area contributed by atoms with Crippen molar-refractivity contribution < 1.29 is 4.42 Å². The summed E-state index contributed by atoms with van der Waals surface area (Å²) in [4.78, 5) is 4.37. The standard InChI is InChI=1S/C23H21NO/c1-14-5-6-20(11-15(14)2)21-9-7-18(12-16(21)3)19-8-10-22-23(13-19)25-17(4)24-22/h5-13H,1-4H3. The average Bonchev–Trinajstić information content (AvgIpc) is 2.96. The summed E-state index contributed by atoms with van der Waals surface area (Å²) in [7, 11) is 0. The van der Waals surface area contributed by atoms with Crippen LogP contribution in [0.2, 0.25) is 0 Å². The van der Waals surface area contributed by atoms with E-state index in [1.807, 2.05) is 13.0 Å². The minimum atomic E-state index is 0.702. The number of aromatic nitrogens is 1. The fraction of sp³-hybridized carbons (Fsp3) is 0.174. The van der Waals surface area contributed by atoms with Crippen LogP contribution in [-0.4, -0.2) is 4.98 Å². The van der Waals surface area contributed by atoms with Crippen LogP contribution in [0.1, 0.15) is 22.6 Å². The van der Waals surface area contributed by atoms with E-state index >= 15 is 0 Å². The lowest BCUT2D eigenvalue weighted by Crippen LogP contribution is -1.88. The second-order valence-electron chi connectivity index (χ2n) is 6.74. The highest BCUT2D eigenvalue weighted by Crippen LogP contribution is 2.31. The van der Waals surface area contributed by atoms with Crippen LogP contribution in [0.3, 0.4) is 0 Å². The number of hydrogen-bond acceptors (Lipinski definition) is 2. The van der Waals surface area contributed by atoms with E-state index in [0.29, 0.717) is 5.89 Å². The summed E-state index contributed by atoms with van der Waals surface area (Å²) in [6.45, 7) is 8.36. The van der Waals surface area contributed by atoms with Crippen LogP contribution in [-0.2, 0) is 0 Å². The molecule has 4 rings (SSSR count). The molecular formula is C23H21NO. The highest BCUT2D eigenvalue weighted by molar-refractivity contribution is 5.81. The Bertz CT molecular complexity index is 1090. The molecular weight excluding hydrogens is 306 g/mol. The Hall–Kier alpha value is -2.87. The molecule has 0 N–H and O–H groups in total. The largest absolute Gasteiger partial charge is 0.441 e. The molecule has 0 saturated heterocycles. The van der Waals surface area contributed by atoms with Crippen molar-refractivity contribution in [2.24, 2.45) is 0 Å². The second-order valence-corrected chi connectivity index (χ2v) is 6.74. The molecule has 0 aliphatic heterocycles. The quantitative estimate of drug-likeness (QED) is 0.426. The van der Waals surface area contributed by atoms with Crippen molar-refractivity contribution in [2.45, 2.75) is 27.7 Å². The SMILES string of the molecule is Cc1nc2ccc(-c3ccc(-c4ccc(C)c(C)c4)c(C)c3)cc2o1. The van der Waals surface area contributed by atoms with Gasteiger partial charge in [-0.15, -0.1) is 0 Å². The van der Waals surface area contributed by atoms with Gasteiger partial charge in [-0.25, -0.2) is 4.98 Å². The summed E-state index contributed by atoms with van der Waals surface area (Å²) in [6, 6.07) is 19.5. The van der Waals surface area contributed by atoms with Gasteiger partial charge < -0.3 is 4.42 Å². The smallest absolute Gasteiger partial charge is 0.192 e. The molecule has 0 unspecified atom stereocenters. The lowest BCUT2D eigenvalue weighted by atomic mass is 9.94. The maximum absolute atomic E-state index is 5.67. The Morgan fingerprint density at radius 3 is 2.08 bits per heavy atom. The van der Waals surface area contributed by atoms with Crippen LogP contribution in [0.5, 0.6) is 0 Å². The number of oxazole rings is 1. The third-order valence-electron chi connectivity index (χ3n) is 4.87. The first-order valence-corrected chi connectivity index (χ1v) is 8.57. The van der Waals surface area contributed by atoms with E-state index in [2.05, 4.69) is 74.3 Å². The minimum Gasteiger partial charge on any atom is -0.441 e. The van der Waals surface area contributed by atoms with Gasteiger partial charge in [0.2, 0.25) is 0 Å². The third kappa shape index (κ3) is 2.85. The normalized spacial score (nSPS) is 11.2. The zero-order valence-corrected chi connectivity index (χ0v) is 15.1. The van der Waals surface area contributed by atoms with E-state index in [9.17, 15) is 0 Å². The molecule has 0 fully saturated rings. The first kappa shape index (κ1) is 15.6. The summed E-state index contributed by atoms with van der Waals surface area (Å²) < 4.78 is 5.67. The van der Waals surface area contributed by atoms with Crippen LogP contribution in [0.15, 0.2) is 59.0 Å². The van der Waals surface area contributed by atoms with Crippen molar-refractivity contribution >= 4 is 11.1 Å². The van der Waals surface area contributed by atoms with Crippen LogP contribution < -0.4 is 0 Å². The molecule has 0 saturated carbocycles. The van der Waals surface area contributed by atoms with Crippen molar-refractivity contribution in [1.29, 1.82) is 0 Å². The van der Waals surface area contributed by atoms with E-state index in [1.54, 1.807) is 0 Å². The van der Waals surface area contributed by atoms with Crippen LogP contribution in [0.4, 0.5) is 0 Å². The van der Waals surface area contributed by atoms with E-state index in [0.717, 1.165) is 16.7 Å². The molecule has 0 atom stereocenters. The Balaban J connectivity index is 1.76. The Morgan fingerprint density at radius 2 is 1.32 bits per heavy atom. The zero-order valence-electron chi connectivity index (χ0n) is 15.1. The van der Waals surface area contributed by atoms with Gasteiger partial charge in [-0.2, -0.15) is 0 Å². The average molecular weight is 327 g/mol. The maximum atomic E-state index is 5.67. The highest BCUT2D eigenvalue weighted by atomic mass is 16.3. The summed E-state index contributed by atoms with van der Waals surface area (Å²) in [5.41, 5.74) is 10.6. The van der Waals surface area contributed by atoms with Gasteiger partial charge in [0.1, 0.15) is 5.52 Å². The predicted octanol–water partition coefficient (Wildman–Crippen LogP) is 6.40. The molecule has 0 bridgehead atoms. The minimum absolute atomic E-state index is 0.702. The van der Waals surface area contributed by atoms with Gasteiger partial charge in [0.25, 0.3) is 0 Å². The topological polar surface area (TPSA) is 26.0 Å². The molecule has 0 aliphatic carbocycles. The lowest BCUT2D eigenvalue weighted by molar-refractivity contribution is 0.561. The first-order valence-electron chi connectivity index (χ1n) is 8.57. The summed E-state index contributed by atoms with van der Waals surface area (Å²) in [5, 5.41) is 0. The maximum Gasteiger partial charge on any atom is 0.192 e. The van der Waals surface area contributed by atoms with E-state index in [4.69, 9.17) is 4.42 Å². The van der Waals surface area contributed by atoms with Crippen molar-refractivity contribution in [3.63, 3.8) is 0 Å². The summed E-state index contributed by atoms with van der Waals surface area (Å²) >= 11 is 0. The number of fused-ring (bicyclic) bond motifs is 1. The molecule has 0 aliphatic rings. The zero-order chi connectivity index (χ0) is 17.6. The van der Waals surface area contributed by atoms with Gasteiger partial charge in [-0.05, 0) is 71.8 Å². The fourth-order valence-corrected chi connectivity index (χ4v) is 3.30. The van der Waals surface area contributed by atoms with Gasteiger partial charge in [0.05, 0.1) is 0 Å². The van der Waals surface area contributed by atoms with Gasteiger partial charge in [0.15, 0.2) is 11.5 Å². The number of aryl methyl sites for hydroxylation is 4. The molecule has 1 heterocycles. The van der Waals surface area contributed by atoms with Gasteiger partial charge in [-0.1, -0.05) is 42.5 Å². The number of benzene rings is 3. The molecule has 4 aromatic rings.